The van der Waals surface area contributed by atoms with E-state index in [-0.39, 0.29) is 12.0 Å². The zero-order valence-corrected chi connectivity index (χ0v) is 13.4. The topological polar surface area (TPSA) is 41.6 Å². The van der Waals surface area contributed by atoms with Crippen molar-refractivity contribution in [1.82, 2.24) is 9.78 Å². The van der Waals surface area contributed by atoms with Crippen molar-refractivity contribution in [3.05, 3.63) is 16.0 Å². The highest BCUT2D eigenvalue weighted by molar-refractivity contribution is 14.1. The molecule has 1 fully saturated rings. The first-order valence-corrected chi connectivity index (χ1v) is 7.59. The second-order valence-corrected chi connectivity index (χ2v) is 7.56. The van der Waals surface area contributed by atoms with Crippen LogP contribution in [0.25, 0.3) is 0 Å². The summed E-state index contributed by atoms with van der Waals surface area (Å²) in [6.45, 7) is 6.90. The van der Waals surface area contributed by atoms with E-state index >= 15 is 0 Å². The Morgan fingerprint density at radius 3 is 2.67 bits per heavy atom. The fraction of sp³-hybridized carbons (Fsp3) is 0.714. The number of halogens is 1. The molecular formula is C14H20IN3. The van der Waals surface area contributed by atoms with E-state index in [1.807, 2.05) is 10.9 Å². The third kappa shape index (κ3) is 2.87. The molecule has 0 saturated heterocycles. The number of nitrogens with zero attached hydrogens (tertiary/aromatic N) is 3. The maximum atomic E-state index is 9.33. The largest absolute Gasteiger partial charge is 0.267 e. The molecule has 1 aromatic heterocycles. The molecule has 1 aliphatic carbocycles. The third-order valence-corrected chi connectivity index (χ3v) is 4.67. The minimum Gasteiger partial charge on any atom is -0.267 e. The van der Waals surface area contributed by atoms with Gasteiger partial charge in [-0.1, -0.05) is 20.8 Å². The molecule has 0 radical (unpaired) electrons. The second kappa shape index (κ2) is 5.20. The van der Waals surface area contributed by atoms with Crippen molar-refractivity contribution in [1.29, 1.82) is 5.26 Å². The fourth-order valence-electron chi connectivity index (χ4n) is 2.87. The first kappa shape index (κ1) is 13.9. The first-order chi connectivity index (χ1) is 8.41. The highest BCUT2D eigenvalue weighted by Crippen LogP contribution is 2.44. The normalized spacial score (nSPS) is 28.9. The average Bonchev–Trinajstić information content (AvgIpc) is 2.73. The lowest BCUT2D eigenvalue weighted by Gasteiger charge is -2.39. The van der Waals surface area contributed by atoms with Gasteiger partial charge in [-0.3, -0.25) is 4.68 Å². The lowest BCUT2D eigenvalue weighted by molar-refractivity contribution is 0.116. The van der Waals surface area contributed by atoms with Crippen molar-refractivity contribution < 1.29 is 0 Å². The van der Waals surface area contributed by atoms with Crippen molar-refractivity contribution in [2.75, 3.05) is 0 Å². The monoisotopic (exact) mass is 357 g/mol. The molecule has 0 aromatic carbocycles. The smallest absolute Gasteiger partial charge is 0.0688 e. The van der Waals surface area contributed by atoms with Gasteiger partial charge >= 0.3 is 0 Å². The summed E-state index contributed by atoms with van der Waals surface area (Å²) in [5.74, 6) is 0.785. The van der Waals surface area contributed by atoms with Gasteiger partial charge in [-0.05, 0) is 53.2 Å². The third-order valence-electron chi connectivity index (χ3n) is 4.12. The van der Waals surface area contributed by atoms with E-state index in [0.29, 0.717) is 11.3 Å². The van der Waals surface area contributed by atoms with Crippen LogP contribution in [0.5, 0.6) is 0 Å². The fourth-order valence-corrected chi connectivity index (χ4v) is 3.28. The Balaban J connectivity index is 2.22. The molecule has 3 unspecified atom stereocenters. The maximum Gasteiger partial charge on any atom is 0.0688 e. The molecule has 3 nitrogen and oxygen atoms in total. The highest BCUT2D eigenvalue weighted by Gasteiger charge is 2.37. The second-order valence-electron chi connectivity index (χ2n) is 6.32. The van der Waals surface area contributed by atoms with Gasteiger partial charge in [0.25, 0.3) is 0 Å². The van der Waals surface area contributed by atoms with E-state index < -0.39 is 0 Å². The molecule has 98 valence electrons. The van der Waals surface area contributed by atoms with Crippen LogP contribution in [0.1, 0.15) is 46.1 Å². The molecule has 1 saturated carbocycles. The molecule has 2 rings (SSSR count). The SMILES string of the molecule is CC(C)(C)C1CCC(C#N)C(n2cc(I)cn2)C1. The van der Waals surface area contributed by atoms with Crippen molar-refractivity contribution in [3.8, 4) is 6.07 Å². The molecule has 0 amide bonds. The lowest BCUT2D eigenvalue weighted by Crippen LogP contribution is -2.33. The Morgan fingerprint density at radius 2 is 2.17 bits per heavy atom. The highest BCUT2D eigenvalue weighted by atomic mass is 127. The molecule has 1 aliphatic rings. The van der Waals surface area contributed by atoms with E-state index in [9.17, 15) is 5.26 Å². The zero-order chi connectivity index (χ0) is 13.3. The minimum absolute atomic E-state index is 0.110. The van der Waals surface area contributed by atoms with Gasteiger partial charge in [-0.15, -0.1) is 0 Å². The van der Waals surface area contributed by atoms with Crippen molar-refractivity contribution in [2.24, 2.45) is 17.3 Å². The summed E-state index contributed by atoms with van der Waals surface area (Å²) in [7, 11) is 0. The molecule has 0 spiro atoms. The van der Waals surface area contributed by atoms with E-state index in [0.717, 1.165) is 22.8 Å². The van der Waals surface area contributed by atoms with Crippen LogP contribution in [-0.2, 0) is 0 Å². The lowest BCUT2D eigenvalue weighted by atomic mass is 9.68. The van der Waals surface area contributed by atoms with Gasteiger partial charge in [0.2, 0.25) is 0 Å². The van der Waals surface area contributed by atoms with Crippen LogP contribution in [0.4, 0.5) is 0 Å². The van der Waals surface area contributed by atoms with Crippen LogP contribution in [0.15, 0.2) is 12.4 Å². The number of nitriles is 1. The minimum atomic E-state index is 0.110. The van der Waals surface area contributed by atoms with Crippen LogP contribution in [0.2, 0.25) is 0 Å². The van der Waals surface area contributed by atoms with E-state index in [2.05, 4.69) is 60.7 Å². The Labute approximate surface area is 123 Å². The molecule has 1 aromatic rings. The Morgan fingerprint density at radius 1 is 1.44 bits per heavy atom. The van der Waals surface area contributed by atoms with Gasteiger partial charge in [0.1, 0.15) is 0 Å². The number of aromatic nitrogens is 2. The standard InChI is InChI=1S/C14H20IN3/c1-14(2,3)11-5-4-10(7-16)13(6-11)18-9-12(15)8-17-18/h8-11,13H,4-6H2,1-3H3. The Hall–Kier alpha value is -0.570. The van der Waals surface area contributed by atoms with Gasteiger partial charge in [0, 0.05) is 6.20 Å². The maximum absolute atomic E-state index is 9.33. The predicted octanol–water partition coefficient (Wildman–Crippen LogP) is 4.01. The predicted molar refractivity (Wildman–Crippen MR) is 79.9 cm³/mol. The van der Waals surface area contributed by atoms with Crippen LogP contribution in [0.3, 0.4) is 0 Å². The molecule has 4 heteroatoms. The van der Waals surface area contributed by atoms with E-state index in [1.54, 1.807) is 0 Å². The zero-order valence-electron chi connectivity index (χ0n) is 11.2. The van der Waals surface area contributed by atoms with E-state index in [1.165, 1.54) is 0 Å². The summed E-state index contributed by atoms with van der Waals surface area (Å²) in [6, 6.07) is 2.72. The summed E-state index contributed by atoms with van der Waals surface area (Å²) in [4.78, 5) is 0. The van der Waals surface area contributed by atoms with Crippen LogP contribution in [0, 0.1) is 32.2 Å². The van der Waals surface area contributed by atoms with E-state index in [4.69, 9.17) is 0 Å². The summed E-state index contributed by atoms with van der Waals surface area (Å²) in [6.07, 6.45) is 7.16. The first-order valence-electron chi connectivity index (χ1n) is 6.51. The number of hydrogen-bond acceptors (Lipinski definition) is 2. The molecule has 0 aliphatic heterocycles. The quantitative estimate of drug-likeness (QED) is 0.713. The van der Waals surface area contributed by atoms with Gasteiger partial charge in [0.05, 0.1) is 27.8 Å². The molecule has 18 heavy (non-hydrogen) atoms. The number of hydrogen-bond donors (Lipinski definition) is 0. The molecule has 0 bridgehead atoms. The summed E-state index contributed by atoms with van der Waals surface area (Å²) in [5, 5.41) is 13.7. The van der Waals surface area contributed by atoms with Crippen LogP contribution >= 0.6 is 22.6 Å². The summed E-state index contributed by atoms with van der Waals surface area (Å²) in [5.41, 5.74) is 0.318. The molecular weight excluding hydrogens is 337 g/mol. The Bertz CT molecular complexity index is 452. The van der Waals surface area contributed by atoms with Crippen LogP contribution < -0.4 is 0 Å². The molecule has 0 N–H and O–H groups in total. The van der Waals surface area contributed by atoms with Crippen molar-refractivity contribution >= 4 is 22.6 Å². The van der Waals surface area contributed by atoms with Gasteiger partial charge < -0.3 is 0 Å². The van der Waals surface area contributed by atoms with Crippen molar-refractivity contribution in [2.45, 2.75) is 46.1 Å². The Kier molecular flexibility index (Phi) is 4.00. The van der Waals surface area contributed by atoms with Gasteiger partial charge in [-0.25, -0.2) is 0 Å². The molecule has 3 atom stereocenters. The van der Waals surface area contributed by atoms with Crippen LogP contribution in [-0.4, -0.2) is 9.78 Å². The van der Waals surface area contributed by atoms with Crippen molar-refractivity contribution in [3.63, 3.8) is 0 Å². The van der Waals surface area contributed by atoms with Gasteiger partial charge in [-0.2, -0.15) is 10.4 Å². The summed E-state index contributed by atoms with van der Waals surface area (Å²) >= 11 is 2.27. The number of rotatable bonds is 1. The average molecular weight is 357 g/mol. The van der Waals surface area contributed by atoms with Gasteiger partial charge in [0.15, 0.2) is 0 Å². The molecule has 1 heterocycles. The summed E-state index contributed by atoms with van der Waals surface area (Å²) < 4.78 is 3.15.